The average molecular weight is 167 g/mol. The standard InChI is InChI=1S/C3H7NO.H2N2O2S/c1-3(5)4-2;1-2-5(3)4/h1-2H3,(H,4,5);1H2. The van der Waals surface area contributed by atoms with Crippen LogP contribution in [0.1, 0.15) is 6.92 Å². The molecule has 1 amide bonds. The van der Waals surface area contributed by atoms with E-state index < -0.39 is 10.5 Å². The summed E-state index contributed by atoms with van der Waals surface area (Å²) in [7, 11) is -0.820. The van der Waals surface area contributed by atoms with E-state index >= 15 is 0 Å². The zero-order valence-corrected chi connectivity index (χ0v) is 6.47. The van der Waals surface area contributed by atoms with Crippen LogP contribution in [-0.2, 0) is 15.3 Å². The minimum Gasteiger partial charge on any atom is -0.359 e. The molecule has 0 aromatic heterocycles. The molecule has 0 aromatic carbocycles. The predicted octanol–water partition coefficient (Wildman–Crippen LogP) is -1.32. The summed E-state index contributed by atoms with van der Waals surface area (Å²) in [5, 5.41) is 2.39. The summed E-state index contributed by atoms with van der Waals surface area (Å²) in [6.45, 7) is 1.47. The second-order valence-corrected chi connectivity index (χ2v) is 1.77. The Bertz CT molecular complexity index is 199. The zero-order chi connectivity index (χ0) is 8.57. The first-order valence-electron chi connectivity index (χ1n) is 2.23. The number of amides is 1. The van der Waals surface area contributed by atoms with Crippen molar-refractivity contribution in [2.75, 3.05) is 7.05 Å². The molecule has 0 heterocycles. The van der Waals surface area contributed by atoms with Gasteiger partial charge in [-0.25, -0.2) is 5.84 Å². The van der Waals surface area contributed by atoms with Crippen LogP contribution in [-0.4, -0.2) is 21.4 Å². The summed E-state index contributed by atoms with van der Waals surface area (Å²) in [6, 6.07) is 0. The van der Waals surface area contributed by atoms with Gasteiger partial charge in [0, 0.05) is 14.0 Å². The lowest BCUT2D eigenvalue weighted by atomic mass is 10.7. The first kappa shape index (κ1) is 11.8. The van der Waals surface area contributed by atoms with Crippen molar-refractivity contribution in [3.8, 4) is 0 Å². The van der Waals surface area contributed by atoms with Crippen molar-refractivity contribution in [3.05, 3.63) is 0 Å². The van der Waals surface area contributed by atoms with Crippen LogP contribution >= 0.6 is 0 Å². The number of nitrogens with one attached hydrogen (secondary N) is 1. The summed E-state index contributed by atoms with van der Waals surface area (Å²) in [5.74, 6) is 4.19. The Balaban J connectivity index is 0. The third kappa shape index (κ3) is 27.7. The highest BCUT2D eigenvalue weighted by atomic mass is 32.2. The van der Waals surface area contributed by atoms with E-state index in [4.69, 9.17) is 8.42 Å². The molecule has 0 bridgehead atoms. The molecule has 0 saturated heterocycles. The SMILES string of the molecule is CNC(C)=O.NN=S(=O)=O. The molecule has 0 radical (unpaired) electrons. The van der Waals surface area contributed by atoms with Gasteiger partial charge >= 0.3 is 10.5 Å². The molecular weight excluding hydrogens is 158 g/mol. The maximum Gasteiger partial charge on any atom is 0.327 e. The number of hydrogen-bond acceptors (Lipinski definition) is 4. The summed E-state index contributed by atoms with van der Waals surface area (Å²) in [5.41, 5.74) is 0. The lowest BCUT2D eigenvalue weighted by molar-refractivity contribution is -0.118. The van der Waals surface area contributed by atoms with Crippen LogP contribution < -0.4 is 11.2 Å². The van der Waals surface area contributed by atoms with Crippen molar-refractivity contribution in [2.45, 2.75) is 6.92 Å². The highest BCUT2D eigenvalue weighted by molar-refractivity contribution is 7.61. The molecule has 0 atom stereocenters. The molecule has 0 aliphatic rings. The molecule has 6 nitrogen and oxygen atoms in total. The number of nitrogens with zero attached hydrogens (tertiary/aromatic N) is 1. The Morgan fingerprint density at radius 3 is 1.80 bits per heavy atom. The quantitative estimate of drug-likeness (QED) is 0.345. The molecule has 60 valence electrons. The zero-order valence-electron chi connectivity index (χ0n) is 5.66. The van der Waals surface area contributed by atoms with Gasteiger partial charge in [-0.15, -0.1) is 0 Å². The lowest BCUT2D eigenvalue weighted by Crippen LogP contribution is -2.11. The molecule has 7 heteroatoms. The number of carbonyl (C=O) groups excluding carboxylic acids is 1. The molecule has 0 aliphatic carbocycles. The second-order valence-electron chi connectivity index (χ2n) is 1.13. The fraction of sp³-hybridized carbons (Fsp3) is 0.667. The lowest BCUT2D eigenvalue weighted by Gasteiger charge is -1.80. The van der Waals surface area contributed by atoms with Crippen molar-refractivity contribution in [3.63, 3.8) is 0 Å². The van der Waals surface area contributed by atoms with Crippen molar-refractivity contribution in [1.82, 2.24) is 5.32 Å². The molecule has 0 aliphatic heterocycles. The van der Waals surface area contributed by atoms with E-state index in [-0.39, 0.29) is 5.91 Å². The van der Waals surface area contributed by atoms with E-state index in [1.807, 2.05) is 0 Å². The minimum atomic E-state index is -2.42. The maximum absolute atomic E-state index is 9.70. The Hall–Kier alpha value is -0.950. The normalized spacial score (nSPS) is 6.70. The predicted molar refractivity (Wildman–Crippen MR) is 35.3 cm³/mol. The van der Waals surface area contributed by atoms with Crippen LogP contribution in [0.4, 0.5) is 0 Å². The van der Waals surface area contributed by atoms with Crippen LogP contribution in [0.25, 0.3) is 0 Å². The van der Waals surface area contributed by atoms with Crippen molar-refractivity contribution in [1.29, 1.82) is 0 Å². The minimum absolute atomic E-state index is 0.00463. The number of rotatable bonds is 0. The van der Waals surface area contributed by atoms with Gasteiger partial charge in [-0.2, -0.15) is 8.42 Å². The monoisotopic (exact) mass is 167 g/mol. The van der Waals surface area contributed by atoms with Gasteiger partial charge in [0.2, 0.25) is 5.91 Å². The number of hydrogen-bond donors (Lipinski definition) is 2. The van der Waals surface area contributed by atoms with Crippen LogP contribution in [0, 0.1) is 0 Å². The Morgan fingerprint density at radius 2 is 1.80 bits per heavy atom. The summed E-state index contributed by atoms with van der Waals surface area (Å²) < 4.78 is 20.5. The molecule has 0 fully saturated rings. The molecule has 10 heavy (non-hydrogen) atoms. The van der Waals surface area contributed by atoms with Gasteiger partial charge in [0.15, 0.2) is 0 Å². The Kier molecular flexibility index (Phi) is 9.50. The molecule has 0 spiro atoms. The van der Waals surface area contributed by atoms with E-state index in [0.717, 1.165) is 0 Å². The Labute approximate surface area is 60.1 Å². The van der Waals surface area contributed by atoms with E-state index in [1.54, 1.807) is 7.05 Å². The maximum atomic E-state index is 9.70. The van der Waals surface area contributed by atoms with Crippen molar-refractivity contribution < 1.29 is 13.2 Å². The summed E-state index contributed by atoms with van der Waals surface area (Å²) >= 11 is 0. The second kappa shape index (κ2) is 8.05. The highest BCUT2D eigenvalue weighted by Gasteiger charge is 1.72. The molecular formula is C3H9N3O3S. The number of carbonyl (C=O) groups is 1. The first-order chi connectivity index (χ1) is 4.54. The Morgan fingerprint density at radius 1 is 1.60 bits per heavy atom. The van der Waals surface area contributed by atoms with Gasteiger partial charge in [-0.05, 0) is 0 Å². The summed E-state index contributed by atoms with van der Waals surface area (Å²) in [6.07, 6.45) is 0. The van der Waals surface area contributed by atoms with Crippen LogP contribution in [0.15, 0.2) is 4.47 Å². The van der Waals surface area contributed by atoms with Crippen LogP contribution in [0.5, 0.6) is 0 Å². The molecule has 3 N–H and O–H groups in total. The molecule has 0 unspecified atom stereocenters. The highest BCUT2D eigenvalue weighted by Crippen LogP contribution is 1.45. The fourth-order valence-electron chi connectivity index (χ4n) is 0. The van der Waals surface area contributed by atoms with Crippen molar-refractivity contribution >= 4 is 16.4 Å². The third-order valence-electron chi connectivity index (χ3n) is 0.438. The molecule has 0 aromatic rings. The van der Waals surface area contributed by atoms with Crippen LogP contribution in [0.2, 0.25) is 0 Å². The molecule has 0 saturated carbocycles. The van der Waals surface area contributed by atoms with Gasteiger partial charge in [0.1, 0.15) is 0 Å². The van der Waals surface area contributed by atoms with E-state index in [9.17, 15) is 4.79 Å². The smallest absolute Gasteiger partial charge is 0.327 e. The van der Waals surface area contributed by atoms with Gasteiger partial charge in [-0.3, -0.25) is 4.79 Å². The van der Waals surface area contributed by atoms with Gasteiger partial charge in [-0.1, -0.05) is 4.47 Å². The van der Waals surface area contributed by atoms with E-state index in [2.05, 4.69) is 15.6 Å². The third-order valence-corrected chi connectivity index (χ3v) is 0.610. The number of nitrogens with two attached hydrogens (primary N) is 1. The van der Waals surface area contributed by atoms with E-state index in [1.165, 1.54) is 6.92 Å². The van der Waals surface area contributed by atoms with Crippen LogP contribution in [0.3, 0.4) is 0 Å². The fourth-order valence-corrected chi connectivity index (χ4v) is 0. The largest absolute Gasteiger partial charge is 0.359 e. The van der Waals surface area contributed by atoms with E-state index in [0.29, 0.717) is 0 Å². The van der Waals surface area contributed by atoms with Gasteiger partial charge in [0.05, 0.1) is 0 Å². The topological polar surface area (TPSA) is 102 Å². The summed E-state index contributed by atoms with van der Waals surface area (Å²) in [4.78, 5) is 9.70. The molecule has 0 rings (SSSR count). The average Bonchev–Trinajstić information content (AvgIpc) is 1.89. The van der Waals surface area contributed by atoms with Crippen molar-refractivity contribution in [2.24, 2.45) is 10.3 Å². The van der Waals surface area contributed by atoms with Gasteiger partial charge < -0.3 is 5.32 Å². The first-order valence-corrected chi connectivity index (χ1v) is 3.26. The van der Waals surface area contributed by atoms with Gasteiger partial charge in [0.25, 0.3) is 0 Å².